The van der Waals surface area contributed by atoms with Crippen molar-refractivity contribution < 1.29 is 0 Å². The average molecular weight is 439 g/mol. The Kier molecular flexibility index (Phi) is 5.27. The van der Waals surface area contributed by atoms with Crippen LogP contribution in [0.3, 0.4) is 0 Å². The zero-order valence-electron chi connectivity index (χ0n) is 18.5. The molecule has 1 aliphatic rings. The fraction of sp³-hybridized carbons (Fsp3) is 0.185. The van der Waals surface area contributed by atoms with Crippen LogP contribution in [0.25, 0.3) is 5.69 Å². The zero-order valence-corrected chi connectivity index (χ0v) is 19.3. The smallest absolute Gasteiger partial charge is 0.174 e. The first-order chi connectivity index (χ1) is 15.5. The maximum absolute atomic E-state index is 5.91. The normalized spacial score (nSPS) is 18.1. The van der Waals surface area contributed by atoms with Gasteiger partial charge in [-0.3, -0.25) is 4.98 Å². The summed E-state index contributed by atoms with van der Waals surface area (Å²) in [5, 5.41) is 4.29. The van der Waals surface area contributed by atoms with Crippen molar-refractivity contribution in [3.05, 3.63) is 113 Å². The van der Waals surface area contributed by atoms with Crippen LogP contribution < -0.4 is 10.2 Å². The number of hydrogen-bond donors (Lipinski definition) is 1. The lowest BCUT2D eigenvalue weighted by Crippen LogP contribution is -2.30. The van der Waals surface area contributed by atoms with E-state index in [-0.39, 0.29) is 12.1 Å². The molecule has 0 radical (unpaired) electrons. The molecule has 1 saturated heterocycles. The van der Waals surface area contributed by atoms with Crippen molar-refractivity contribution in [3.8, 4) is 5.69 Å². The Bertz CT molecular complexity index is 1240. The van der Waals surface area contributed by atoms with E-state index in [1.54, 1.807) is 0 Å². The molecule has 1 fully saturated rings. The maximum atomic E-state index is 5.91. The summed E-state index contributed by atoms with van der Waals surface area (Å²) in [4.78, 5) is 6.94. The highest BCUT2D eigenvalue weighted by molar-refractivity contribution is 7.80. The summed E-state index contributed by atoms with van der Waals surface area (Å²) in [5.74, 6) is 0. The van der Waals surface area contributed by atoms with Crippen molar-refractivity contribution in [2.24, 2.45) is 0 Å². The van der Waals surface area contributed by atoms with Gasteiger partial charge >= 0.3 is 0 Å². The molecule has 3 heterocycles. The molecule has 5 heteroatoms. The molecule has 0 unspecified atom stereocenters. The quantitative estimate of drug-likeness (QED) is 0.398. The van der Waals surface area contributed by atoms with Crippen molar-refractivity contribution in [1.82, 2.24) is 14.9 Å². The lowest BCUT2D eigenvalue weighted by Gasteiger charge is -2.30. The Morgan fingerprint density at radius 2 is 1.53 bits per heavy atom. The van der Waals surface area contributed by atoms with Crippen LogP contribution in [0.1, 0.15) is 40.3 Å². The first kappa shape index (κ1) is 20.5. The van der Waals surface area contributed by atoms with Crippen LogP contribution in [0.15, 0.2) is 85.1 Å². The van der Waals surface area contributed by atoms with Crippen molar-refractivity contribution >= 4 is 23.0 Å². The second-order valence-electron chi connectivity index (χ2n) is 8.41. The minimum Gasteiger partial charge on any atom is -0.351 e. The number of nitrogens with zero attached hydrogens (tertiary/aromatic N) is 3. The van der Waals surface area contributed by atoms with E-state index in [0.717, 1.165) is 17.1 Å². The molecule has 1 N–H and O–H groups in total. The van der Waals surface area contributed by atoms with Gasteiger partial charge in [-0.1, -0.05) is 30.3 Å². The van der Waals surface area contributed by atoms with Crippen molar-refractivity contribution in [3.63, 3.8) is 0 Å². The van der Waals surface area contributed by atoms with Gasteiger partial charge in [0.2, 0.25) is 0 Å². The van der Waals surface area contributed by atoms with Gasteiger partial charge in [-0.2, -0.15) is 0 Å². The minimum atomic E-state index is -0.0683. The van der Waals surface area contributed by atoms with Gasteiger partial charge in [0.15, 0.2) is 5.11 Å². The van der Waals surface area contributed by atoms with Crippen LogP contribution in [0.5, 0.6) is 0 Å². The number of anilines is 1. The number of aryl methyl sites for hydroxylation is 3. The molecule has 2 atom stereocenters. The summed E-state index contributed by atoms with van der Waals surface area (Å²) in [5.41, 5.74) is 8.02. The number of aromatic nitrogens is 2. The average Bonchev–Trinajstić information content (AvgIpc) is 3.33. The highest BCUT2D eigenvalue weighted by Crippen LogP contribution is 2.43. The van der Waals surface area contributed by atoms with E-state index < -0.39 is 0 Å². The fourth-order valence-electron chi connectivity index (χ4n) is 4.74. The van der Waals surface area contributed by atoms with E-state index in [1.165, 1.54) is 22.5 Å². The van der Waals surface area contributed by atoms with E-state index in [1.807, 2.05) is 24.4 Å². The van der Waals surface area contributed by atoms with Gasteiger partial charge in [0.1, 0.15) is 6.04 Å². The van der Waals surface area contributed by atoms with Gasteiger partial charge in [0.05, 0.1) is 11.7 Å². The Morgan fingerprint density at radius 3 is 2.22 bits per heavy atom. The van der Waals surface area contributed by atoms with Crippen molar-refractivity contribution in [2.45, 2.75) is 32.9 Å². The third-order valence-corrected chi connectivity index (χ3v) is 6.32. The topological polar surface area (TPSA) is 33.1 Å². The molecule has 32 heavy (non-hydrogen) atoms. The zero-order chi connectivity index (χ0) is 22.2. The van der Waals surface area contributed by atoms with Gasteiger partial charge in [0, 0.05) is 29.0 Å². The molecule has 1 aliphatic heterocycles. The molecule has 4 aromatic rings. The van der Waals surface area contributed by atoms with E-state index in [4.69, 9.17) is 12.2 Å². The summed E-state index contributed by atoms with van der Waals surface area (Å²) in [7, 11) is 0. The number of para-hydroxylation sites is 1. The fourth-order valence-corrected chi connectivity index (χ4v) is 5.09. The summed E-state index contributed by atoms with van der Waals surface area (Å²) in [6.07, 6.45) is 1.85. The van der Waals surface area contributed by atoms with Crippen LogP contribution in [0.2, 0.25) is 0 Å². The summed E-state index contributed by atoms with van der Waals surface area (Å²) < 4.78 is 2.33. The molecular formula is C27H26N4S. The van der Waals surface area contributed by atoms with Crippen molar-refractivity contribution in [2.75, 3.05) is 4.90 Å². The number of nitrogens with one attached hydrogen (secondary N) is 1. The Labute approximate surface area is 194 Å². The second kappa shape index (κ2) is 8.24. The summed E-state index contributed by atoms with van der Waals surface area (Å²) in [6.45, 7) is 6.41. The number of hydrogen-bond acceptors (Lipinski definition) is 2. The summed E-state index contributed by atoms with van der Waals surface area (Å²) in [6, 6.07) is 27.4. The van der Waals surface area contributed by atoms with Gasteiger partial charge < -0.3 is 14.8 Å². The first-order valence-corrected chi connectivity index (χ1v) is 11.3. The van der Waals surface area contributed by atoms with Crippen LogP contribution >= 0.6 is 12.2 Å². The number of pyridine rings is 1. The molecule has 0 amide bonds. The molecule has 4 nitrogen and oxygen atoms in total. The third kappa shape index (κ3) is 3.59. The van der Waals surface area contributed by atoms with E-state index in [2.05, 4.69) is 101 Å². The maximum Gasteiger partial charge on any atom is 0.174 e. The monoisotopic (exact) mass is 438 g/mol. The molecule has 160 valence electrons. The van der Waals surface area contributed by atoms with Gasteiger partial charge in [-0.25, -0.2) is 0 Å². The lowest BCUT2D eigenvalue weighted by atomic mass is 10.00. The van der Waals surface area contributed by atoms with Crippen LogP contribution in [0, 0.1) is 20.8 Å². The van der Waals surface area contributed by atoms with Crippen LogP contribution in [-0.2, 0) is 0 Å². The SMILES string of the molecule is Cc1cc(C)cc(N2C(=S)N[C@@H](c3ccccn3)[C@@H]2c2ccc(C)n2-c2ccccc2)c1. The van der Waals surface area contributed by atoms with Gasteiger partial charge in [-0.15, -0.1) is 0 Å². The van der Waals surface area contributed by atoms with E-state index in [0.29, 0.717) is 5.11 Å². The lowest BCUT2D eigenvalue weighted by molar-refractivity contribution is 0.548. The highest BCUT2D eigenvalue weighted by Gasteiger charge is 2.42. The number of benzene rings is 2. The van der Waals surface area contributed by atoms with E-state index in [9.17, 15) is 0 Å². The van der Waals surface area contributed by atoms with Crippen LogP contribution in [0.4, 0.5) is 5.69 Å². The minimum absolute atomic E-state index is 0.0486. The van der Waals surface area contributed by atoms with Crippen molar-refractivity contribution in [1.29, 1.82) is 0 Å². The number of thiocarbonyl (C=S) groups is 1. The summed E-state index contributed by atoms with van der Waals surface area (Å²) >= 11 is 5.91. The predicted molar refractivity (Wildman–Crippen MR) is 134 cm³/mol. The van der Waals surface area contributed by atoms with Crippen LogP contribution in [-0.4, -0.2) is 14.7 Å². The molecule has 2 aromatic heterocycles. The molecule has 0 bridgehead atoms. The molecule has 0 aliphatic carbocycles. The third-order valence-electron chi connectivity index (χ3n) is 6.01. The molecule has 5 rings (SSSR count). The number of rotatable bonds is 4. The predicted octanol–water partition coefficient (Wildman–Crippen LogP) is 5.97. The standard InChI is InChI=1S/C27H26N4S/c1-18-15-19(2)17-22(16-18)31-26(25(29-27(31)32)23-11-7-8-14-28-23)24-13-12-20(3)30(24)21-9-5-4-6-10-21/h4-17,25-26H,1-3H3,(H,29,32)/t25-,26-/m0/s1. The Hall–Kier alpha value is -3.44. The van der Waals surface area contributed by atoms with Gasteiger partial charge in [-0.05, 0) is 92.6 Å². The second-order valence-corrected chi connectivity index (χ2v) is 8.80. The molecule has 0 spiro atoms. The molecule has 2 aromatic carbocycles. The molecule has 0 saturated carbocycles. The largest absolute Gasteiger partial charge is 0.351 e. The first-order valence-electron chi connectivity index (χ1n) is 10.9. The van der Waals surface area contributed by atoms with Gasteiger partial charge in [0.25, 0.3) is 0 Å². The van der Waals surface area contributed by atoms with E-state index >= 15 is 0 Å². The molecular weight excluding hydrogens is 412 g/mol. The highest BCUT2D eigenvalue weighted by atomic mass is 32.1. The Morgan fingerprint density at radius 1 is 0.812 bits per heavy atom. The Balaban J connectivity index is 1.72.